The summed E-state index contributed by atoms with van der Waals surface area (Å²) in [6.45, 7) is 0.187. The number of hydrogen-bond donors (Lipinski definition) is 3. The normalized spacial score (nSPS) is 33.5. The van der Waals surface area contributed by atoms with Crippen LogP contribution in [0.2, 0.25) is 0 Å². The third-order valence-electron chi connectivity index (χ3n) is 7.34. The molecule has 6 atom stereocenters. The molecule has 4 N–H and O–H groups in total. The predicted molar refractivity (Wildman–Crippen MR) is 112 cm³/mol. The first-order valence-corrected chi connectivity index (χ1v) is 10.6. The fraction of sp³-hybridized carbons (Fsp3) is 0.522. The summed E-state index contributed by atoms with van der Waals surface area (Å²) < 4.78 is 5.20. The highest BCUT2D eigenvalue weighted by Gasteiger charge is 2.69. The molecule has 0 saturated heterocycles. The molecule has 0 aliphatic heterocycles. The van der Waals surface area contributed by atoms with Gasteiger partial charge in [0.1, 0.15) is 5.75 Å². The minimum atomic E-state index is -2.71. The highest BCUT2D eigenvalue weighted by atomic mass is 16.5. The van der Waals surface area contributed by atoms with Crippen molar-refractivity contribution in [3.05, 3.63) is 28.8 Å². The first kappa shape index (κ1) is 23.2. The van der Waals surface area contributed by atoms with Crippen molar-refractivity contribution in [3.8, 4) is 5.75 Å². The Morgan fingerprint density at radius 2 is 1.88 bits per heavy atom. The topological polar surface area (TPSA) is 164 Å². The summed E-state index contributed by atoms with van der Waals surface area (Å²) in [5.41, 5.74) is 3.77. The Morgan fingerprint density at radius 1 is 1.21 bits per heavy atom. The summed E-state index contributed by atoms with van der Waals surface area (Å²) in [6.07, 6.45) is 0.241. The Kier molecular flexibility index (Phi) is 5.50. The third kappa shape index (κ3) is 3.08. The highest BCUT2D eigenvalue weighted by Crippen LogP contribution is 2.51. The second-order valence-corrected chi connectivity index (χ2v) is 9.32. The monoisotopic (exact) mass is 458 g/mol. The molecule has 0 bridgehead atoms. The van der Waals surface area contributed by atoms with Crippen molar-refractivity contribution in [2.24, 2.45) is 29.4 Å². The molecule has 3 aliphatic carbocycles. The third-order valence-corrected chi connectivity index (χ3v) is 7.34. The van der Waals surface area contributed by atoms with Gasteiger partial charge in [0, 0.05) is 13.0 Å². The first-order chi connectivity index (χ1) is 15.5. The molecule has 2 saturated carbocycles. The van der Waals surface area contributed by atoms with E-state index in [-0.39, 0.29) is 30.8 Å². The number of aliphatic hydroxyl groups is 1. The van der Waals surface area contributed by atoms with E-state index in [2.05, 4.69) is 0 Å². The van der Waals surface area contributed by atoms with Crippen LogP contribution in [0.1, 0.15) is 27.9 Å². The van der Waals surface area contributed by atoms with Crippen molar-refractivity contribution < 1.29 is 38.9 Å². The van der Waals surface area contributed by atoms with Gasteiger partial charge in [0.2, 0.25) is 5.91 Å². The van der Waals surface area contributed by atoms with Crippen LogP contribution in [0.25, 0.3) is 0 Å². The van der Waals surface area contributed by atoms with Crippen molar-refractivity contribution >= 4 is 29.0 Å². The largest absolute Gasteiger partial charge is 0.507 e. The zero-order chi connectivity index (χ0) is 24.4. The molecule has 2 fully saturated rings. The van der Waals surface area contributed by atoms with E-state index < -0.39 is 64.4 Å². The van der Waals surface area contributed by atoms with Gasteiger partial charge in [0.05, 0.1) is 24.1 Å². The SMILES string of the molecule is COCc1ccc(O)c2c1C[C@@H]1C[C@@H]3[C@@H](N(C)C)C(=O)C(C(N)=O)C(=O)[C@@]3(O)C(=O)C1C2=O. The summed E-state index contributed by atoms with van der Waals surface area (Å²) in [6, 6.07) is 1.86. The van der Waals surface area contributed by atoms with Gasteiger partial charge in [-0.15, -0.1) is 0 Å². The number of primary amides is 1. The number of hydrogen-bond acceptors (Lipinski definition) is 9. The summed E-state index contributed by atoms with van der Waals surface area (Å²) in [5.74, 6) is -10.5. The Bertz CT molecular complexity index is 1100. The second-order valence-electron chi connectivity index (χ2n) is 9.32. The lowest BCUT2D eigenvalue weighted by atomic mass is 9.52. The van der Waals surface area contributed by atoms with Crippen LogP contribution in [0.5, 0.6) is 5.75 Å². The number of carbonyl (C=O) groups excluding carboxylic acids is 5. The van der Waals surface area contributed by atoms with E-state index in [1.165, 1.54) is 18.1 Å². The smallest absolute Gasteiger partial charge is 0.235 e. The van der Waals surface area contributed by atoms with Crippen LogP contribution in [0.15, 0.2) is 12.1 Å². The number of Topliss-reactive ketones (excluding diaryl/α,β-unsaturated/α-hetero) is 4. The van der Waals surface area contributed by atoms with Crippen LogP contribution < -0.4 is 5.73 Å². The number of benzene rings is 1. The molecule has 0 heterocycles. The molecule has 1 amide bonds. The van der Waals surface area contributed by atoms with Gasteiger partial charge in [-0.05, 0) is 50.0 Å². The fourth-order valence-corrected chi connectivity index (χ4v) is 5.96. The molecule has 0 aromatic heterocycles. The summed E-state index contributed by atoms with van der Waals surface area (Å²) >= 11 is 0. The number of ether oxygens (including phenoxy) is 1. The van der Waals surface area contributed by atoms with Gasteiger partial charge < -0.3 is 20.7 Å². The molecule has 1 aromatic carbocycles. The zero-order valence-corrected chi connectivity index (χ0v) is 18.5. The number of carbonyl (C=O) groups is 5. The average molecular weight is 458 g/mol. The molecule has 4 rings (SSSR count). The number of ketones is 4. The van der Waals surface area contributed by atoms with Gasteiger partial charge in [-0.25, -0.2) is 0 Å². The number of phenols is 1. The average Bonchev–Trinajstić information content (AvgIpc) is 2.72. The Hall–Kier alpha value is -2.95. The highest BCUT2D eigenvalue weighted by molar-refractivity contribution is 6.32. The van der Waals surface area contributed by atoms with Crippen LogP contribution in [0, 0.1) is 23.7 Å². The van der Waals surface area contributed by atoms with Gasteiger partial charge in [0.15, 0.2) is 34.7 Å². The van der Waals surface area contributed by atoms with Gasteiger partial charge in [0.25, 0.3) is 0 Å². The number of nitrogens with zero attached hydrogens (tertiary/aromatic N) is 1. The lowest BCUT2D eigenvalue weighted by Gasteiger charge is -2.52. The van der Waals surface area contributed by atoms with E-state index in [1.807, 2.05) is 0 Å². The molecular weight excluding hydrogens is 432 g/mol. The maximum absolute atomic E-state index is 13.6. The molecule has 33 heavy (non-hydrogen) atoms. The number of rotatable bonds is 4. The Morgan fingerprint density at radius 3 is 2.45 bits per heavy atom. The van der Waals surface area contributed by atoms with E-state index in [1.54, 1.807) is 20.2 Å². The predicted octanol–water partition coefficient (Wildman–Crippen LogP) is -0.987. The van der Waals surface area contributed by atoms with Crippen molar-refractivity contribution in [2.45, 2.75) is 31.1 Å². The number of phenolic OH excluding ortho intramolecular Hbond substituents is 1. The van der Waals surface area contributed by atoms with Crippen molar-refractivity contribution in [1.29, 1.82) is 0 Å². The van der Waals surface area contributed by atoms with Crippen LogP contribution in [0.3, 0.4) is 0 Å². The van der Waals surface area contributed by atoms with E-state index in [9.17, 15) is 34.2 Å². The Balaban J connectivity index is 1.87. The number of amides is 1. The minimum Gasteiger partial charge on any atom is -0.507 e. The van der Waals surface area contributed by atoms with E-state index in [4.69, 9.17) is 10.5 Å². The molecule has 0 radical (unpaired) electrons. The fourth-order valence-electron chi connectivity index (χ4n) is 5.96. The number of likely N-dealkylation sites (N-methyl/N-ethyl adjacent to an activating group) is 1. The second kappa shape index (κ2) is 7.82. The molecule has 1 aromatic rings. The molecular formula is C23H26N2O8. The van der Waals surface area contributed by atoms with Gasteiger partial charge in [-0.1, -0.05) is 6.07 Å². The number of methoxy groups -OCH3 is 1. The lowest BCUT2D eigenvalue weighted by molar-refractivity contribution is -0.181. The Labute approximate surface area is 189 Å². The molecule has 2 unspecified atom stereocenters. The maximum Gasteiger partial charge on any atom is 0.235 e. The molecule has 10 nitrogen and oxygen atoms in total. The van der Waals surface area contributed by atoms with Crippen molar-refractivity contribution in [3.63, 3.8) is 0 Å². The van der Waals surface area contributed by atoms with Crippen LogP contribution in [0.4, 0.5) is 0 Å². The summed E-state index contributed by atoms with van der Waals surface area (Å²) in [4.78, 5) is 66.7. The van der Waals surface area contributed by atoms with E-state index in [0.29, 0.717) is 11.1 Å². The molecule has 3 aliphatic rings. The quantitative estimate of drug-likeness (QED) is 0.481. The van der Waals surface area contributed by atoms with Gasteiger partial charge in [-0.3, -0.25) is 28.9 Å². The summed E-state index contributed by atoms with van der Waals surface area (Å²) in [7, 11) is 4.58. The van der Waals surface area contributed by atoms with Crippen LogP contribution >= 0.6 is 0 Å². The molecule has 0 spiro atoms. The first-order valence-electron chi connectivity index (χ1n) is 10.6. The minimum absolute atomic E-state index is 0.0198. The van der Waals surface area contributed by atoms with Crippen molar-refractivity contribution in [2.75, 3.05) is 21.2 Å². The molecule has 10 heteroatoms. The van der Waals surface area contributed by atoms with Crippen LogP contribution in [-0.4, -0.2) is 77.0 Å². The van der Waals surface area contributed by atoms with Crippen LogP contribution in [-0.2, 0) is 36.9 Å². The number of aromatic hydroxyl groups is 1. The maximum atomic E-state index is 13.6. The van der Waals surface area contributed by atoms with E-state index in [0.717, 1.165) is 0 Å². The lowest BCUT2D eigenvalue weighted by Crippen LogP contribution is -2.74. The number of fused-ring (bicyclic) bond motifs is 3. The molecule has 176 valence electrons. The van der Waals surface area contributed by atoms with Gasteiger partial charge >= 0.3 is 0 Å². The van der Waals surface area contributed by atoms with E-state index >= 15 is 0 Å². The van der Waals surface area contributed by atoms with Crippen molar-refractivity contribution in [1.82, 2.24) is 4.90 Å². The zero-order valence-electron chi connectivity index (χ0n) is 18.5. The standard InChI is InChI=1S/C23H26N2O8/c1-25(2)17-12-7-10-6-11-9(8-33-3)4-5-13(26)15(11)18(27)14(10)20(29)23(12,32)21(30)16(19(17)28)22(24)31/h4-5,10,12,14,16-17,26,32H,6-8H2,1-3H3,(H2,24,31)/t10-,12-,14?,16?,17-,23+/m1/s1. The summed E-state index contributed by atoms with van der Waals surface area (Å²) in [5, 5.41) is 21.9. The number of nitrogens with two attached hydrogens (primary N) is 1. The van der Waals surface area contributed by atoms with Gasteiger partial charge in [-0.2, -0.15) is 0 Å².